The Morgan fingerprint density at radius 3 is 2.31 bits per heavy atom. The molecule has 1 unspecified atom stereocenters. The molecule has 2 N–H and O–H groups in total. The molecule has 1 aliphatic rings. The second kappa shape index (κ2) is 10.6. The molecule has 13 heteroatoms. The molecule has 2 aromatic rings. The Labute approximate surface area is 212 Å². The van der Waals surface area contributed by atoms with E-state index in [0.717, 1.165) is 50.9 Å². The zero-order valence-corrected chi connectivity index (χ0v) is 20.9. The first-order valence-corrected chi connectivity index (χ1v) is 12.0. The SMILES string of the molecule is COC(=O)c1c(NC(NC(=O)c2ccc(Cl)cc2Cl)(C(=O)OC)C(F)(F)F)sc2c1CCCCC2. The lowest BCUT2D eigenvalue weighted by Gasteiger charge is -2.34. The summed E-state index contributed by atoms with van der Waals surface area (Å²) in [7, 11) is 1.85. The van der Waals surface area contributed by atoms with Gasteiger partial charge in [-0.3, -0.25) is 4.79 Å². The number of aryl methyl sites for hydroxylation is 1. The molecule has 0 fully saturated rings. The lowest BCUT2D eigenvalue weighted by molar-refractivity contribution is -0.203. The fraction of sp³-hybridized carbons (Fsp3) is 0.409. The molecule has 0 bridgehead atoms. The molecule has 7 nitrogen and oxygen atoms in total. The number of methoxy groups -OCH3 is 2. The van der Waals surface area contributed by atoms with Crippen molar-refractivity contribution in [2.45, 2.75) is 43.9 Å². The van der Waals surface area contributed by atoms with Gasteiger partial charge in [-0.05, 0) is 49.4 Å². The van der Waals surface area contributed by atoms with E-state index in [1.54, 1.807) is 5.32 Å². The number of rotatable bonds is 6. The van der Waals surface area contributed by atoms with Crippen LogP contribution in [-0.2, 0) is 27.1 Å². The van der Waals surface area contributed by atoms with Gasteiger partial charge in [0.25, 0.3) is 5.91 Å². The highest BCUT2D eigenvalue weighted by Gasteiger charge is 2.64. The van der Waals surface area contributed by atoms with Gasteiger partial charge in [-0.2, -0.15) is 13.2 Å². The van der Waals surface area contributed by atoms with E-state index in [2.05, 4.69) is 10.1 Å². The zero-order chi connectivity index (χ0) is 26.0. The molecule has 35 heavy (non-hydrogen) atoms. The minimum Gasteiger partial charge on any atom is -0.466 e. The number of alkyl halides is 3. The highest BCUT2D eigenvalue weighted by molar-refractivity contribution is 7.16. The van der Waals surface area contributed by atoms with Crippen molar-refractivity contribution in [1.82, 2.24) is 5.32 Å². The number of hydrogen-bond donors (Lipinski definition) is 2. The summed E-state index contributed by atoms with van der Waals surface area (Å²) in [5.74, 6) is -4.03. The molecule has 0 radical (unpaired) electrons. The van der Waals surface area contributed by atoms with Crippen molar-refractivity contribution in [1.29, 1.82) is 0 Å². The molecule has 190 valence electrons. The Hall–Kier alpha value is -2.50. The van der Waals surface area contributed by atoms with Crippen LogP contribution in [0, 0.1) is 0 Å². The second-order valence-corrected chi connectivity index (χ2v) is 9.65. The molecule has 0 saturated carbocycles. The van der Waals surface area contributed by atoms with Crippen molar-refractivity contribution in [3.05, 3.63) is 49.8 Å². The summed E-state index contributed by atoms with van der Waals surface area (Å²) in [4.78, 5) is 38.9. The van der Waals surface area contributed by atoms with Crippen LogP contribution in [0.5, 0.6) is 0 Å². The molecule has 0 aliphatic heterocycles. The minimum atomic E-state index is -5.40. The lowest BCUT2D eigenvalue weighted by atomic mass is 10.0. The molecule has 1 aliphatic carbocycles. The average Bonchev–Trinajstić information content (AvgIpc) is 2.96. The van der Waals surface area contributed by atoms with Crippen molar-refractivity contribution in [2.24, 2.45) is 0 Å². The smallest absolute Gasteiger partial charge is 0.441 e. The van der Waals surface area contributed by atoms with Crippen molar-refractivity contribution in [3.8, 4) is 0 Å². The van der Waals surface area contributed by atoms with Gasteiger partial charge >= 0.3 is 23.8 Å². The van der Waals surface area contributed by atoms with Crippen LogP contribution in [0.3, 0.4) is 0 Å². The number of thiophene rings is 1. The number of anilines is 1. The maximum Gasteiger partial charge on any atom is 0.441 e. The number of amides is 1. The van der Waals surface area contributed by atoms with Crippen LogP contribution >= 0.6 is 34.5 Å². The normalized spacial score (nSPS) is 15.3. The summed E-state index contributed by atoms with van der Waals surface area (Å²) in [5.41, 5.74) is -3.64. The van der Waals surface area contributed by atoms with Crippen molar-refractivity contribution >= 4 is 57.4 Å². The molecule has 3 rings (SSSR count). The van der Waals surface area contributed by atoms with E-state index < -0.39 is 29.7 Å². The summed E-state index contributed by atoms with van der Waals surface area (Å²) in [5, 5.41) is 3.45. The van der Waals surface area contributed by atoms with Gasteiger partial charge in [-0.15, -0.1) is 11.3 Å². The summed E-state index contributed by atoms with van der Waals surface area (Å²) in [6.45, 7) is 0. The van der Waals surface area contributed by atoms with Gasteiger partial charge in [-0.25, -0.2) is 9.59 Å². The number of carbonyl (C=O) groups is 3. The molecule has 1 aromatic heterocycles. The molecule has 0 saturated heterocycles. The van der Waals surface area contributed by atoms with E-state index in [1.165, 1.54) is 12.1 Å². The average molecular weight is 553 g/mol. The first kappa shape index (κ1) is 27.1. The van der Waals surface area contributed by atoms with Crippen LogP contribution in [0.25, 0.3) is 0 Å². The van der Waals surface area contributed by atoms with Crippen LogP contribution in [0.2, 0.25) is 10.0 Å². The number of halogens is 5. The van der Waals surface area contributed by atoms with Crippen LogP contribution in [0.15, 0.2) is 18.2 Å². The topological polar surface area (TPSA) is 93.7 Å². The third-order valence-electron chi connectivity index (χ3n) is 5.51. The minimum absolute atomic E-state index is 0.106. The van der Waals surface area contributed by atoms with Crippen molar-refractivity contribution in [3.63, 3.8) is 0 Å². The van der Waals surface area contributed by atoms with Crippen LogP contribution in [-0.4, -0.2) is 43.9 Å². The van der Waals surface area contributed by atoms with E-state index in [0.29, 0.717) is 23.3 Å². The van der Waals surface area contributed by atoms with Crippen molar-refractivity contribution in [2.75, 3.05) is 19.5 Å². The number of hydrogen-bond acceptors (Lipinski definition) is 7. The Morgan fingerprint density at radius 1 is 1.03 bits per heavy atom. The van der Waals surface area contributed by atoms with Gasteiger partial charge in [0.1, 0.15) is 5.00 Å². The van der Waals surface area contributed by atoms with Crippen molar-refractivity contribution < 1.29 is 37.0 Å². The number of benzene rings is 1. The first-order valence-electron chi connectivity index (χ1n) is 10.4. The first-order chi connectivity index (χ1) is 16.4. The van der Waals surface area contributed by atoms with E-state index in [4.69, 9.17) is 27.9 Å². The summed E-state index contributed by atoms with van der Waals surface area (Å²) in [6.07, 6.45) is -1.96. The fourth-order valence-electron chi connectivity index (χ4n) is 3.77. The number of nitrogens with one attached hydrogen (secondary N) is 2. The predicted octanol–water partition coefficient (Wildman–Crippen LogP) is 5.38. The molecule has 1 heterocycles. The Bertz CT molecular complexity index is 1150. The van der Waals surface area contributed by atoms with Gasteiger partial charge in [0.15, 0.2) is 0 Å². The predicted molar refractivity (Wildman–Crippen MR) is 125 cm³/mol. The van der Waals surface area contributed by atoms with E-state index in [-0.39, 0.29) is 26.2 Å². The lowest BCUT2D eigenvalue weighted by Crippen LogP contribution is -2.69. The second-order valence-electron chi connectivity index (χ2n) is 7.70. The third kappa shape index (κ3) is 5.36. The summed E-state index contributed by atoms with van der Waals surface area (Å²) in [6, 6.07) is 3.55. The van der Waals surface area contributed by atoms with E-state index >= 15 is 0 Å². The molecule has 1 aromatic carbocycles. The quantitative estimate of drug-likeness (QED) is 0.283. The molecule has 0 spiro atoms. The largest absolute Gasteiger partial charge is 0.466 e. The van der Waals surface area contributed by atoms with Gasteiger partial charge < -0.3 is 20.1 Å². The Kier molecular flexibility index (Phi) is 8.23. The van der Waals surface area contributed by atoms with Gasteiger partial charge in [0.2, 0.25) is 0 Å². The fourth-order valence-corrected chi connectivity index (χ4v) is 5.60. The van der Waals surface area contributed by atoms with Gasteiger partial charge in [0.05, 0.1) is 30.4 Å². The molecular weight excluding hydrogens is 532 g/mol. The molecule has 1 atom stereocenters. The number of ether oxygens (including phenoxy) is 2. The molecule has 1 amide bonds. The van der Waals surface area contributed by atoms with Crippen LogP contribution in [0.1, 0.15) is 50.4 Å². The van der Waals surface area contributed by atoms with Gasteiger partial charge in [0, 0.05) is 9.90 Å². The monoisotopic (exact) mass is 552 g/mol. The maximum atomic E-state index is 14.6. The summed E-state index contributed by atoms with van der Waals surface area (Å²) >= 11 is 12.7. The highest BCUT2D eigenvalue weighted by Crippen LogP contribution is 2.42. The summed E-state index contributed by atoms with van der Waals surface area (Å²) < 4.78 is 52.9. The van der Waals surface area contributed by atoms with Crippen LogP contribution < -0.4 is 10.6 Å². The molecular formula is C22H21Cl2F3N2O5S. The number of fused-ring (bicyclic) bond motifs is 1. The standard InChI is InChI=1S/C22H21Cl2F3N2O5S/c1-33-19(31)16-13-6-4-3-5-7-15(13)35-18(16)29-21(20(32)34-2,22(25,26)27)28-17(30)12-9-8-11(23)10-14(12)24/h8-10,29H,3-7H2,1-2H3,(H,28,30). The van der Waals surface area contributed by atoms with E-state index in [9.17, 15) is 27.6 Å². The third-order valence-corrected chi connectivity index (χ3v) is 7.26. The number of carbonyl (C=O) groups excluding carboxylic acids is 3. The number of esters is 2. The van der Waals surface area contributed by atoms with Gasteiger partial charge in [-0.1, -0.05) is 29.6 Å². The zero-order valence-electron chi connectivity index (χ0n) is 18.6. The maximum absolute atomic E-state index is 14.6. The highest BCUT2D eigenvalue weighted by atomic mass is 35.5. The van der Waals surface area contributed by atoms with Crippen LogP contribution in [0.4, 0.5) is 18.2 Å². The van der Waals surface area contributed by atoms with E-state index in [1.807, 2.05) is 0 Å². The Morgan fingerprint density at radius 2 is 1.71 bits per heavy atom. The Balaban J connectivity index is 2.15.